The van der Waals surface area contributed by atoms with Crippen LogP contribution < -0.4 is 0 Å². The smallest absolute Gasteiger partial charge is 0.333 e. The number of carbonyl (C=O) groups is 1. The van der Waals surface area contributed by atoms with Crippen LogP contribution in [0.3, 0.4) is 0 Å². The second-order valence-electron chi connectivity index (χ2n) is 3.96. The van der Waals surface area contributed by atoms with Crippen LogP contribution in [0.5, 0.6) is 0 Å². The molecule has 3 heteroatoms. The first-order valence-corrected chi connectivity index (χ1v) is 5.48. The van der Waals surface area contributed by atoms with E-state index in [1.807, 2.05) is 6.08 Å². The summed E-state index contributed by atoms with van der Waals surface area (Å²) in [5, 5.41) is 0. The van der Waals surface area contributed by atoms with Crippen LogP contribution >= 0.6 is 0 Å². The van der Waals surface area contributed by atoms with Crippen LogP contribution in [0.25, 0.3) is 0 Å². The molecule has 0 amide bonds. The average Bonchev–Trinajstić information content (AvgIpc) is 2.24. The molecule has 0 aliphatic rings. The van der Waals surface area contributed by atoms with Gasteiger partial charge in [-0.25, -0.2) is 4.79 Å². The first-order chi connectivity index (χ1) is 7.02. The number of carbonyl (C=O) groups excluding carboxylic acids is 1. The van der Waals surface area contributed by atoms with Crippen molar-refractivity contribution in [3.8, 4) is 0 Å². The van der Waals surface area contributed by atoms with Crippen molar-refractivity contribution < 1.29 is 9.53 Å². The van der Waals surface area contributed by atoms with E-state index in [4.69, 9.17) is 0 Å². The molecule has 0 aliphatic heterocycles. The van der Waals surface area contributed by atoms with E-state index >= 15 is 0 Å². The molecule has 0 aromatic rings. The Labute approximate surface area is 93.1 Å². The zero-order valence-corrected chi connectivity index (χ0v) is 10.5. The van der Waals surface area contributed by atoms with Crippen molar-refractivity contribution in [2.24, 2.45) is 0 Å². The molecule has 0 rings (SSSR count). The minimum Gasteiger partial charge on any atom is -0.466 e. The van der Waals surface area contributed by atoms with E-state index in [2.05, 4.69) is 30.5 Å². The highest BCUT2D eigenvalue weighted by Gasteiger charge is 2.07. The highest BCUT2D eigenvalue weighted by Crippen LogP contribution is 2.05. The molecule has 0 N–H and O–H groups in total. The van der Waals surface area contributed by atoms with Gasteiger partial charge in [0.25, 0.3) is 0 Å². The van der Waals surface area contributed by atoms with Gasteiger partial charge in [-0.3, -0.25) is 0 Å². The number of hydrogen-bond donors (Lipinski definition) is 0. The lowest BCUT2D eigenvalue weighted by Gasteiger charge is -2.22. The SMILES string of the molecule is CCCC(C)N(C)CC=C(C)C(=O)OC. The van der Waals surface area contributed by atoms with Crippen molar-refractivity contribution in [2.75, 3.05) is 20.7 Å². The van der Waals surface area contributed by atoms with E-state index in [0.717, 1.165) is 6.54 Å². The van der Waals surface area contributed by atoms with Gasteiger partial charge in [0, 0.05) is 18.2 Å². The van der Waals surface area contributed by atoms with Gasteiger partial charge in [-0.05, 0) is 27.3 Å². The second-order valence-corrected chi connectivity index (χ2v) is 3.96. The topological polar surface area (TPSA) is 29.5 Å². The number of likely N-dealkylation sites (N-methyl/N-ethyl adjacent to an activating group) is 1. The number of methoxy groups -OCH3 is 1. The minimum absolute atomic E-state index is 0.244. The van der Waals surface area contributed by atoms with Gasteiger partial charge >= 0.3 is 5.97 Å². The molecule has 3 nitrogen and oxygen atoms in total. The summed E-state index contributed by atoms with van der Waals surface area (Å²) in [7, 11) is 3.48. The van der Waals surface area contributed by atoms with Gasteiger partial charge in [0.2, 0.25) is 0 Å². The number of esters is 1. The van der Waals surface area contributed by atoms with Crippen LogP contribution in [0.2, 0.25) is 0 Å². The van der Waals surface area contributed by atoms with Crippen molar-refractivity contribution in [2.45, 2.75) is 39.7 Å². The van der Waals surface area contributed by atoms with E-state index < -0.39 is 0 Å². The normalized spacial score (nSPS) is 14.1. The quantitative estimate of drug-likeness (QED) is 0.500. The predicted octanol–water partition coefficient (Wildman–Crippen LogP) is 2.23. The Kier molecular flexibility index (Phi) is 7.05. The maximum atomic E-state index is 11.1. The molecular formula is C12H23NO2. The molecular weight excluding hydrogens is 190 g/mol. The summed E-state index contributed by atoms with van der Waals surface area (Å²) in [5.74, 6) is -0.244. The summed E-state index contributed by atoms with van der Waals surface area (Å²) >= 11 is 0. The Morgan fingerprint density at radius 1 is 1.53 bits per heavy atom. The van der Waals surface area contributed by atoms with Crippen molar-refractivity contribution in [1.82, 2.24) is 4.90 Å². The van der Waals surface area contributed by atoms with E-state index in [0.29, 0.717) is 11.6 Å². The molecule has 0 aliphatic carbocycles. The van der Waals surface area contributed by atoms with Crippen molar-refractivity contribution in [1.29, 1.82) is 0 Å². The summed E-state index contributed by atoms with van der Waals surface area (Å²) in [6, 6.07) is 0.552. The lowest BCUT2D eigenvalue weighted by Crippen LogP contribution is -2.29. The highest BCUT2D eigenvalue weighted by molar-refractivity contribution is 5.87. The van der Waals surface area contributed by atoms with Crippen molar-refractivity contribution in [3.05, 3.63) is 11.6 Å². The molecule has 0 fully saturated rings. The fourth-order valence-corrected chi connectivity index (χ4v) is 1.34. The summed E-state index contributed by atoms with van der Waals surface area (Å²) in [4.78, 5) is 13.3. The molecule has 1 unspecified atom stereocenters. The Morgan fingerprint density at radius 2 is 2.13 bits per heavy atom. The largest absolute Gasteiger partial charge is 0.466 e. The lowest BCUT2D eigenvalue weighted by atomic mass is 10.1. The van der Waals surface area contributed by atoms with E-state index in [1.54, 1.807) is 6.92 Å². The first-order valence-electron chi connectivity index (χ1n) is 5.48. The average molecular weight is 213 g/mol. The lowest BCUT2D eigenvalue weighted by molar-refractivity contribution is -0.136. The van der Waals surface area contributed by atoms with Crippen LogP contribution in [0.15, 0.2) is 11.6 Å². The maximum Gasteiger partial charge on any atom is 0.333 e. The standard InChI is InChI=1S/C12H23NO2/c1-6-7-11(3)13(4)9-8-10(2)12(14)15-5/h8,11H,6-7,9H2,1-5H3. The fourth-order valence-electron chi connectivity index (χ4n) is 1.34. The molecule has 1 atom stereocenters. The van der Waals surface area contributed by atoms with Gasteiger partial charge in [0.1, 0.15) is 0 Å². The van der Waals surface area contributed by atoms with Gasteiger partial charge in [0.05, 0.1) is 7.11 Å². The van der Waals surface area contributed by atoms with Gasteiger partial charge in [-0.2, -0.15) is 0 Å². The van der Waals surface area contributed by atoms with E-state index in [1.165, 1.54) is 20.0 Å². The third-order valence-corrected chi connectivity index (χ3v) is 2.65. The molecule has 0 aromatic heterocycles. The Balaban J connectivity index is 4.07. The molecule has 0 bridgehead atoms. The number of ether oxygens (including phenoxy) is 1. The number of rotatable bonds is 6. The van der Waals surface area contributed by atoms with Gasteiger partial charge < -0.3 is 9.64 Å². The molecule has 0 aromatic carbocycles. The van der Waals surface area contributed by atoms with Crippen LogP contribution in [0.4, 0.5) is 0 Å². The first kappa shape index (κ1) is 14.2. The molecule has 0 heterocycles. The Morgan fingerprint density at radius 3 is 2.60 bits per heavy atom. The number of hydrogen-bond acceptors (Lipinski definition) is 3. The molecule has 0 spiro atoms. The van der Waals surface area contributed by atoms with Crippen LogP contribution in [-0.2, 0) is 9.53 Å². The molecule has 0 radical (unpaired) electrons. The monoisotopic (exact) mass is 213 g/mol. The van der Waals surface area contributed by atoms with Gasteiger partial charge in [0.15, 0.2) is 0 Å². The summed E-state index contributed by atoms with van der Waals surface area (Å²) in [6.07, 6.45) is 4.28. The Bertz CT molecular complexity index is 224. The minimum atomic E-state index is -0.244. The summed E-state index contributed by atoms with van der Waals surface area (Å²) in [6.45, 7) is 6.96. The summed E-state index contributed by atoms with van der Waals surface area (Å²) < 4.78 is 4.63. The third kappa shape index (κ3) is 5.57. The van der Waals surface area contributed by atoms with Gasteiger partial charge in [-0.15, -0.1) is 0 Å². The zero-order valence-electron chi connectivity index (χ0n) is 10.5. The fraction of sp³-hybridized carbons (Fsp3) is 0.750. The highest BCUT2D eigenvalue weighted by atomic mass is 16.5. The van der Waals surface area contributed by atoms with E-state index in [9.17, 15) is 4.79 Å². The zero-order chi connectivity index (χ0) is 11.8. The third-order valence-electron chi connectivity index (χ3n) is 2.65. The molecule has 0 saturated heterocycles. The van der Waals surface area contributed by atoms with Crippen molar-refractivity contribution >= 4 is 5.97 Å². The maximum absolute atomic E-state index is 11.1. The predicted molar refractivity (Wildman–Crippen MR) is 62.8 cm³/mol. The molecule has 0 saturated carbocycles. The van der Waals surface area contributed by atoms with Crippen LogP contribution in [0, 0.1) is 0 Å². The molecule has 15 heavy (non-hydrogen) atoms. The number of nitrogens with zero attached hydrogens (tertiary/aromatic N) is 1. The summed E-state index contributed by atoms with van der Waals surface area (Å²) in [5.41, 5.74) is 0.674. The second kappa shape index (κ2) is 7.46. The van der Waals surface area contributed by atoms with E-state index in [-0.39, 0.29) is 5.97 Å². The molecule has 88 valence electrons. The van der Waals surface area contributed by atoms with Crippen LogP contribution in [0.1, 0.15) is 33.6 Å². The Hall–Kier alpha value is -0.830. The van der Waals surface area contributed by atoms with Crippen molar-refractivity contribution in [3.63, 3.8) is 0 Å². The van der Waals surface area contributed by atoms with Gasteiger partial charge in [-0.1, -0.05) is 19.4 Å². The van der Waals surface area contributed by atoms with Crippen LogP contribution in [-0.4, -0.2) is 37.6 Å².